The smallest absolute Gasteiger partial charge is 0.174 e. The number of pyridine rings is 1. The fourth-order valence-corrected chi connectivity index (χ4v) is 5.81. The second-order valence-corrected chi connectivity index (χ2v) is 10.8. The van der Waals surface area contributed by atoms with E-state index >= 15 is 0 Å². The molecule has 1 aromatic heterocycles. The number of thiocarbonyl (C=S) groups is 1. The number of halogens is 2. The van der Waals surface area contributed by atoms with E-state index in [9.17, 15) is 5.11 Å². The number of hydrogen-bond donors (Lipinski definition) is 2. The number of hydrogen-bond acceptors (Lipinski definition) is 4. The molecule has 5 nitrogen and oxygen atoms in total. The first-order valence-corrected chi connectivity index (χ1v) is 12.5. The molecule has 0 radical (unpaired) electrons. The van der Waals surface area contributed by atoms with Crippen molar-refractivity contribution >= 4 is 57.5 Å². The zero-order valence-electron chi connectivity index (χ0n) is 19.9. The molecule has 3 aromatic rings. The van der Waals surface area contributed by atoms with E-state index in [-0.39, 0.29) is 23.4 Å². The lowest BCUT2D eigenvalue weighted by Crippen LogP contribution is -2.42. The number of rotatable bonds is 3. The Bertz CT molecular complexity index is 1360. The van der Waals surface area contributed by atoms with E-state index in [1.54, 1.807) is 24.4 Å². The van der Waals surface area contributed by atoms with Gasteiger partial charge in [-0.1, -0.05) is 35.3 Å². The molecule has 3 heterocycles. The number of aromatic nitrogens is 1. The van der Waals surface area contributed by atoms with E-state index in [0.717, 1.165) is 22.5 Å². The molecule has 180 valence electrons. The van der Waals surface area contributed by atoms with Gasteiger partial charge in [-0.3, -0.25) is 4.98 Å². The fraction of sp³-hybridized carbons (Fsp3) is 0.259. The number of anilines is 2. The maximum Gasteiger partial charge on any atom is 0.174 e. The SMILES string of the molecule is CC1=CC(C)(C)N(C)c2cc(Cl)c([C@H]3[C@@H](c4ccccn4)NC(=S)N3c3cc(Cl)ccc3O)cc21. The van der Waals surface area contributed by atoms with Crippen molar-refractivity contribution in [3.05, 3.63) is 87.7 Å². The van der Waals surface area contributed by atoms with Crippen LogP contribution >= 0.6 is 35.4 Å². The Morgan fingerprint density at radius 2 is 1.86 bits per heavy atom. The van der Waals surface area contributed by atoms with E-state index in [4.69, 9.17) is 35.4 Å². The van der Waals surface area contributed by atoms with Crippen LogP contribution in [0.3, 0.4) is 0 Å². The molecular formula is C27H26Cl2N4OS. The summed E-state index contributed by atoms with van der Waals surface area (Å²) < 4.78 is 0. The maximum atomic E-state index is 10.8. The van der Waals surface area contributed by atoms with E-state index in [1.165, 1.54) is 5.57 Å². The number of fused-ring (bicyclic) bond motifs is 1. The summed E-state index contributed by atoms with van der Waals surface area (Å²) in [7, 11) is 2.08. The highest BCUT2D eigenvalue weighted by atomic mass is 35.5. The third kappa shape index (κ3) is 4.03. The molecule has 1 saturated heterocycles. The monoisotopic (exact) mass is 524 g/mol. The van der Waals surface area contributed by atoms with Gasteiger partial charge in [-0.25, -0.2) is 0 Å². The van der Waals surface area contributed by atoms with Crippen LogP contribution in [0.4, 0.5) is 11.4 Å². The molecule has 8 heteroatoms. The summed E-state index contributed by atoms with van der Waals surface area (Å²) in [5, 5.41) is 15.8. The maximum absolute atomic E-state index is 10.8. The lowest BCUT2D eigenvalue weighted by atomic mass is 9.86. The standard InChI is InChI=1S/C27H26Cl2N4OS/c1-15-14-27(2,3)32(4)21-13-19(29)18(12-17(15)21)25-24(20-7-5-6-10-30-20)31-26(35)33(25)22-11-16(28)8-9-23(22)34/h5-14,24-25,34H,1-4H3,(H,31,35)/t24-,25+/m1/s1. The topological polar surface area (TPSA) is 51.6 Å². The van der Waals surface area contributed by atoms with Crippen LogP contribution in [0.5, 0.6) is 5.75 Å². The van der Waals surface area contributed by atoms with Crippen LogP contribution in [-0.4, -0.2) is 27.8 Å². The average molecular weight is 526 g/mol. The number of phenolic OH excluding ortho intramolecular Hbond substituents is 1. The third-order valence-corrected chi connectivity index (χ3v) is 7.83. The number of nitrogens with zero attached hydrogens (tertiary/aromatic N) is 3. The normalized spacial score (nSPS) is 21.0. The summed E-state index contributed by atoms with van der Waals surface area (Å²) in [5.41, 5.74) is 5.45. The minimum atomic E-state index is -0.368. The molecule has 0 saturated carbocycles. The van der Waals surface area contributed by atoms with Gasteiger partial charge in [0.05, 0.1) is 29.0 Å². The van der Waals surface area contributed by atoms with Gasteiger partial charge in [-0.05, 0) is 86.6 Å². The average Bonchev–Trinajstić information content (AvgIpc) is 3.16. The second kappa shape index (κ2) is 8.70. The molecule has 2 aliphatic rings. The fourth-order valence-electron chi connectivity index (χ4n) is 5.03. The number of phenols is 1. The van der Waals surface area contributed by atoms with Crippen LogP contribution in [0.25, 0.3) is 5.57 Å². The van der Waals surface area contributed by atoms with Crippen molar-refractivity contribution in [3.63, 3.8) is 0 Å². The highest BCUT2D eigenvalue weighted by Crippen LogP contribution is 2.49. The zero-order chi connectivity index (χ0) is 25.1. The molecule has 0 unspecified atom stereocenters. The van der Waals surface area contributed by atoms with Gasteiger partial charge in [0.1, 0.15) is 5.75 Å². The molecule has 0 aliphatic carbocycles. The number of nitrogens with one attached hydrogen (secondary N) is 1. The zero-order valence-corrected chi connectivity index (χ0v) is 22.2. The molecule has 2 aromatic carbocycles. The minimum Gasteiger partial charge on any atom is -0.506 e. The lowest BCUT2D eigenvalue weighted by molar-refractivity contribution is 0.473. The summed E-state index contributed by atoms with van der Waals surface area (Å²) in [6.07, 6.45) is 4.02. The van der Waals surface area contributed by atoms with E-state index in [0.29, 0.717) is 20.8 Å². The van der Waals surface area contributed by atoms with Crippen LogP contribution in [0.15, 0.2) is 60.8 Å². The first-order chi connectivity index (χ1) is 16.6. The molecule has 2 N–H and O–H groups in total. The number of aromatic hydroxyl groups is 1. The third-order valence-electron chi connectivity index (χ3n) is 6.95. The predicted molar refractivity (Wildman–Crippen MR) is 149 cm³/mol. The molecule has 1 fully saturated rings. The highest BCUT2D eigenvalue weighted by molar-refractivity contribution is 7.80. The van der Waals surface area contributed by atoms with E-state index in [2.05, 4.69) is 55.2 Å². The number of likely N-dealkylation sites (N-methyl/N-ethyl adjacent to an activating group) is 1. The summed E-state index contributed by atoms with van der Waals surface area (Å²) in [5.74, 6) is 0.0804. The van der Waals surface area contributed by atoms with Gasteiger partial charge in [-0.15, -0.1) is 0 Å². The largest absolute Gasteiger partial charge is 0.506 e. The molecule has 5 rings (SSSR count). The molecule has 35 heavy (non-hydrogen) atoms. The van der Waals surface area contributed by atoms with Crippen molar-refractivity contribution in [2.45, 2.75) is 38.4 Å². The van der Waals surface area contributed by atoms with Crippen molar-refractivity contribution in [1.29, 1.82) is 0 Å². The molecule has 0 spiro atoms. The van der Waals surface area contributed by atoms with Gasteiger partial charge in [0.15, 0.2) is 5.11 Å². The molecule has 2 atom stereocenters. The summed E-state index contributed by atoms with van der Waals surface area (Å²) in [4.78, 5) is 8.73. The van der Waals surface area contributed by atoms with Gasteiger partial charge < -0.3 is 20.2 Å². The van der Waals surface area contributed by atoms with Gasteiger partial charge >= 0.3 is 0 Å². The first kappa shape index (κ1) is 23.9. The van der Waals surface area contributed by atoms with Crippen molar-refractivity contribution in [2.75, 3.05) is 16.8 Å². The minimum absolute atomic E-state index is 0.0804. The van der Waals surface area contributed by atoms with Crippen molar-refractivity contribution in [1.82, 2.24) is 10.3 Å². The second-order valence-electron chi connectivity index (χ2n) is 9.56. The van der Waals surface area contributed by atoms with Crippen molar-refractivity contribution < 1.29 is 5.11 Å². The summed E-state index contributed by atoms with van der Waals surface area (Å²) in [6.45, 7) is 6.49. The van der Waals surface area contributed by atoms with Crippen LogP contribution in [0.1, 0.15) is 49.7 Å². The lowest BCUT2D eigenvalue weighted by Gasteiger charge is -2.41. The Labute approximate surface area is 221 Å². The number of benzene rings is 2. The quantitative estimate of drug-likeness (QED) is 0.363. The first-order valence-electron chi connectivity index (χ1n) is 11.3. The van der Waals surface area contributed by atoms with Crippen LogP contribution < -0.4 is 15.1 Å². The van der Waals surface area contributed by atoms with Crippen molar-refractivity contribution in [2.24, 2.45) is 0 Å². The Morgan fingerprint density at radius 1 is 1.09 bits per heavy atom. The van der Waals surface area contributed by atoms with Crippen molar-refractivity contribution in [3.8, 4) is 5.75 Å². The molecule has 2 aliphatic heterocycles. The van der Waals surface area contributed by atoms with Gasteiger partial charge in [0.2, 0.25) is 0 Å². The van der Waals surface area contributed by atoms with Crippen LogP contribution in [0.2, 0.25) is 10.0 Å². The summed E-state index contributed by atoms with van der Waals surface area (Å²) >= 11 is 19.1. The molecule has 0 amide bonds. The Morgan fingerprint density at radius 3 is 2.57 bits per heavy atom. The predicted octanol–water partition coefficient (Wildman–Crippen LogP) is 6.90. The molecule has 0 bridgehead atoms. The van der Waals surface area contributed by atoms with Gasteiger partial charge in [0, 0.05) is 34.5 Å². The van der Waals surface area contributed by atoms with Gasteiger partial charge in [-0.2, -0.15) is 0 Å². The summed E-state index contributed by atoms with van der Waals surface area (Å²) in [6, 6.07) is 14.2. The van der Waals surface area contributed by atoms with Crippen LogP contribution in [-0.2, 0) is 0 Å². The number of allylic oxidation sites excluding steroid dienone is 1. The highest BCUT2D eigenvalue weighted by Gasteiger charge is 2.43. The Balaban J connectivity index is 1.73. The van der Waals surface area contributed by atoms with Gasteiger partial charge in [0.25, 0.3) is 0 Å². The van der Waals surface area contributed by atoms with E-state index < -0.39 is 0 Å². The molecular weight excluding hydrogens is 499 g/mol. The Hall–Kier alpha value is -2.80. The Kier molecular flexibility index (Phi) is 5.94. The van der Waals surface area contributed by atoms with E-state index in [1.807, 2.05) is 29.2 Å². The van der Waals surface area contributed by atoms with Crippen LogP contribution in [0, 0.1) is 0 Å².